The lowest BCUT2D eigenvalue weighted by Crippen LogP contribution is -2.22. The average Bonchev–Trinajstić information content (AvgIpc) is 2.66. The summed E-state index contributed by atoms with van der Waals surface area (Å²) in [5.41, 5.74) is 2.19. The first kappa shape index (κ1) is 14.2. The van der Waals surface area contributed by atoms with Crippen LogP contribution in [-0.2, 0) is 13.0 Å². The highest BCUT2D eigenvalue weighted by atomic mass is 16.3. The molecule has 1 aromatic heterocycles. The van der Waals surface area contributed by atoms with Gasteiger partial charge in [-0.1, -0.05) is 26.7 Å². The Balaban J connectivity index is 2.57. The Bertz CT molecular complexity index is 333. The Morgan fingerprint density at radius 3 is 2.71 bits per heavy atom. The van der Waals surface area contributed by atoms with Gasteiger partial charge in [-0.25, -0.2) is 0 Å². The second kappa shape index (κ2) is 6.80. The number of aryl methyl sites for hydroxylation is 2. The molecular formula is C14H26N2O. The van der Waals surface area contributed by atoms with Crippen molar-refractivity contribution >= 4 is 0 Å². The lowest BCUT2D eigenvalue weighted by Gasteiger charge is -2.18. The topological polar surface area (TPSA) is 38.1 Å². The smallest absolute Gasteiger partial charge is 0.0621 e. The maximum absolute atomic E-state index is 10.2. The molecule has 0 aliphatic rings. The van der Waals surface area contributed by atoms with Crippen molar-refractivity contribution in [2.75, 3.05) is 0 Å². The number of nitrogens with zero attached hydrogens (tertiary/aromatic N) is 2. The first-order chi connectivity index (χ1) is 8.08. The van der Waals surface area contributed by atoms with Crippen molar-refractivity contribution in [3.63, 3.8) is 0 Å². The molecule has 0 bridgehead atoms. The standard InChI is InChI=1S/C14H26N2O/c1-5-7-8-11(3)14(17)10-13-9-12(4)15-16(13)6-2/h9,11,14,17H,5-8,10H2,1-4H3. The van der Waals surface area contributed by atoms with Crippen molar-refractivity contribution < 1.29 is 5.11 Å². The zero-order valence-corrected chi connectivity index (χ0v) is 11.6. The van der Waals surface area contributed by atoms with Crippen LogP contribution in [0.1, 0.15) is 51.4 Å². The molecule has 0 aliphatic carbocycles. The largest absolute Gasteiger partial charge is 0.392 e. The van der Waals surface area contributed by atoms with Gasteiger partial charge in [-0.05, 0) is 32.3 Å². The van der Waals surface area contributed by atoms with E-state index in [1.54, 1.807) is 0 Å². The molecule has 3 heteroatoms. The second-order valence-electron chi connectivity index (χ2n) is 4.98. The zero-order chi connectivity index (χ0) is 12.8. The van der Waals surface area contributed by atoms with Gasteiger partial charge >= 0.3 is 0 Å². The summed E-state index contributed by atoms with van der Waals surface area (Å²) >= 11 is 0. The van der Waals surface area contributed by atoms with Crippen LogP contribution in [-0.4, -0.2) is 21.0 Å². The lowest BCUT2D eigenvalue weighted by molar-refractivity contribution is 0.108. The summed E-state index contributed by atoms with van der Waals surface area (Å²) < 4.78 is 1.99. The van der Waals surface area contributed by atoms with E-state index in [-0.39, 0.29) is 6.10 Å². The van der Waals surface area contributed by atoms with E-state index in [0.29, 0.717) is 5.92 Å². The summed E-state index contributed by atoms with van der Waals surface area (Å²) in [5.74, 6) is 0.371. The van der Waals surface area contributed by atoms with Crippen molar-refractivity contribution in [2.45, 2.75) is 66.0 Å². The molecule has 2 unspecified atom stereocenters. The number of rotatable bonds is 7. The molecule has 1 heterocycles. The molecule has 0 saturated heterocycles. The van der Waals surface area contributed by atoms with Crippen LogP contribution in [0.15, 0.2) is 6.07 Å². The van der Waals surface area contributed by atoms with Crippen LogP contribution >= 0.6 is 0 Å². The number of aliphatic hydroxyl groups is 1. The van der Waals surface area contributed by atoms with E-state index < -0.39 is 0 Å². The number of hydrogen-bond acceptors (Lipinski definition) is 2. The van der Waals surface area contributed by atoms with Crippen LogP contribution in [0.3, 0.4) is 0 Å². The Hall–Kier alpha value is -0.830. The molecule has 0 saturated carbocycles. The Kier molecular flexibility index (Phi) is 5.69. The fourth-order valence-electron chi connectivity index (χ4n) is 2.17. The van der Waals surface area contributed by atoms with Crippen LogP contribution in [0.2, 0.25) is 0 Å². The second-order valence-corrected chi connectivity index (χ2v) is 4.98. The molecule has 17 heavy (non-hydrogen) atoms. The quantitative estimate of drug-likeness (QED) is 0.793. The molecule has 2 atom stereocenters. The van der Waals surface area contributed by atoms with Gasteiger partial charge in [0.25, 0.3) is 0 Å². The first-order valence-electron chi connectivity index (χ1n) is 6.79. The summed E-state index contributed by atoms with van der Waals surface area (Å²) in [6.45, 7) is 9.29. The predicted octanol–water partition coefficient (Wildman–Crippen LogP) is 2.94. The molecule has 1 rings (SSSR count). The Morgan fingerprint density at radius 2 is 2.12 bits per heavy atom. The van der Waals surface area contributed by atoms with Crippen molar-refractivity contribution in [1.82, 2.24) is 9.78 Å². The molecule has 0 amide bonds. The van der Waals surface area contributed by atoms with Crippen LogP contribution in [0, 0.1) is 12.8 Å². The minimum absolute atomic E-state index is 0.247. The summed E-state index contributed by atoms with van der Waals surface area (Å²) in [7, 11) is 0. The predicted molar refractivity (Wildman–Crippen MR) is 71.0 cm³/mol. The van der Waals surface area contributed by atoms with Crippen molar-refractivity contribution in [3.05, 3.63) is 17.5 Å². The fourth-order valence-corrected chi connectivity index (χ4v) is 2.17. The van der Waals surface area contributed by atoms with Gasteiger partial charge in [-0.15, -0.1) is 0 Å². The van der Waals surface area contributed by atoms with Gasteiger partial charge in [0.1, 0.15) is 0 Å². The van der Waals surface area contributed by atoms with E-state index >= 15 is 0 Å². The maximum atomic E-state index is 10.2. The zero-order valence-electron chi connectivity index (χ0n) is 11.6. The van der Waals surface area contributed by atoms with E-state index in [0.717, 1.165) is 30.8 Å². The molecule has 1 N–H and O–H groups in total. The summed E-state index contributed by atoms with van der Waals surface area (Å²) in [5, 5.41) is 14.6. The highest BCUT2D eigenvalue weighted by Gasteiger charge is 2.16. The Morgan fingerprint density at radius 1 is 1.41 bits per heavy atom. The SMILES string of the molecule is CCCCC(C)C(O)Cc1cc(C)nn1CC. The number of aromatic nitrogens is 2. The number of hydrogen-bond donors (Lipinski definition) is 1. The van der Waals surface area contributed by atoms with Gasteiger partial charge in [0.2, 0.25) is 0 Å². The van der Waals surface area contributed by atoms with Gasteiger partial charge in [0, 0.05) is 18.7 Å². The molecule has 0 aliphatic heterocycles. The van der Waals surface area contributed by atoms with Gasteiger partial charge in [-0.3, -0.25) is 4.68 Å². The highest BCUT2D eigenvalue weighted by Crippen LogP contribution is 2.17. The molecule has 0 fully saturated rings. The lowest BCUT2D eigenvalue weighted by atomic mass is 9.95. The third-order valence-electron chi connectivity index (χ3n) is 3.37. The molecule has 3 nitrogen and oxygen atoms in total. The van der Waals surface area contributed by atoms with Crippen molar-refractivity contribution in [3.8, 4) is 0 Å². The summed E-state index contributed by atoms with van der Waals surface area (Å²) in [6, 6.07) is 2.08. The minimum atomic E-state index is -0.247. The highest BCUT2D eigenvalue weighted by molar-refractivity contribution is 5.10. The molecular weight excluding hydrogens is 212 g/mol. The van der Waals surface area contributed by atoms with Crippen LogP contribution in [0.25, 0.3) is 0 Å². The molecule has 1 aromatic rings. The van der Waals surface area contributed by atoms with Gasteiger partial charge in [0.05, 0.1) is 11.8 Å². The average molecular weight is 238 g/mol. The van der Waals surface area contributed by atoms with E-state index in [1.807, 2.05) is 11.6 Å². The van der Waals surface area contributed by atoms with Crippen LogP contribution in [0.4, 0.5) is 0 Å². The minimum Gasteiger partial charge on any atom is -0.392 e. The van der Waals surface area contributed by atoms with Gasteiger partial charge < -0.3 is 5.11 Å². The van der Waals surface area contributed by atoms with E-state index in [2.05, 4.69) is 31.9 Å². The fraction of sp³-hybridized carbons (Fsp3) is 0.786. The van der Waals surface area contributed by atoms with Crippen LogP contribution in [0.5, 0.6) is 0 Å². The number of unbranched alkanes of at least 4 members (excludes halogenated alkanes) is 1. The molecule has 0 radical (unpaired) electrons. The van der Waals surface area contributed by atoms with Crippen LogP contribution < -0.4 is 0 Å². The van der Waals surface area contributed by atoms with Crippen molar-refractivity contribution in [2.24, 2.45) is 5.92 Å². The normalized spacial score (nSPS) is 14.9. The molecule has 0 spiro atoms. The monoisotopic (exact) mass is 238 g/mol. The summed E-state index contributed by atoms with van der Waals surface area (Å²) in [4.78, 5) is 0. The number of aliphatic hydroxyl groups excluding tert-OH is 1. The van der Waals surface area contributed by atoms with Gasteiger partial charge in [-0.2, -0.15) is 5.10 Å². The van der Waals surface area contributed by atoms with Gasteiger partial charge in [0.15, 0.2) is 0 Å². The maximum Gasteiger partial charge on any atom is 0.0621 e. The summed E-state index contributed by atoms with van der Waals surface area (Å²) in [6.07, 6.45) is 3.98. The van der Waals surface area contributed by atoms with E-state index in [1.165, 1.54) is 12.8 Å². The molecule has 0 aromatic carbocycles. The van der Waals surface area contributed by atoms with E-state index in [9.17, 15) is 5.11 Å². The first-order valence-corrected chi connectivity index (χ1v) is 6.79. The third kappa shape index (κ3) is 4.15. The third-order valence-corrected chi connectivity index (χ3v) is 3.37. The Labute approximate surface area is 105 Å². The molecule has 98 valence electrons. The van der Waals surface area contributed by atoms with E-state index in [4.69, 9.17) is 0 Å². The van der Waals surface area contributed by atoms with Crippen molar-refractivity contribution in [1.29, 1.82) is 0 Å².